The van der Waals surface area contributed by atoms with Crippen molar-refractivity contribution in [2.45, 2.75) is 71.6 Å². The minimum absolute atomic E-state index is 0.0106. The summed E-state index contributed by atoms with van der Waals surface area (Å²) in [7, 11) is 0. The summed E-state index contributed by atoms with van der Waals surface area (Å²) in [4.78, 5) is 5.03. The van der Waals surface area contributed by atoms with Gasteiger partial charge in [-0.2, -0.15) is 0 Å². The third kappa shape index (κ3) is 4.78. The van der Waals surface area contributed by atoms with Crippen molar-refractivity contribution in [1.29, 1.82) is 0 Å². The fourth-order valence-corrected chi connectivity index (χ4v) is 7.85. The monoisotopic (exact) mass is 561 g/mol. The van der Waals surface area contributed by atoms with Crippen LogP contribution < -0.4 is 15.1 Å². The molecule has 2 fully saturated rings. The molecule has 2 aromatic rings. The van der Waals surface area contributed by atoms with Gasteiger partial charge in [0, 0.05) is 57.8 Å². The van der Waals surface area contributed by atoms with Gasteiger partial charge in [-0.05, 0) is 68.5 Å². The van der Waals surface area contributed by atoms with Crippen LogP contribution in [0.2, 0.25) is 0 Å². The summed E-state index contributed by atoms with van der Waals surface area (Å²) in [6.07, 6.45) is 13.3. The minimum Gasteiger partial charge on any atom is -0.344 e. The van der Waals surface area contributed by atoms with E-state index in [4.69, 9.17) is 0 Å². The molecular formula is C38H49N4+. The number of para-hydroxylation sites is 2. The Morgan fingerprint density at radius 3 is 1.60 bits per heavy atom. The van der Waals surface area contributed by atoms with Crippen molar-refractivity contribution in [2.24, 2.45) is 0 Å². The van der Waals surface area contributed by atoms with Crippen LogP contribution in [0.15, 0.2) is 95.4 Å². The number of rotatable bonds is 4. The van der Waals surface area contributed by atoms with Crippen LogP contribution in [0.5, 0.6) is 0 Å². The lowest BCUT2D eigenvalue weighted by molar-refractivity contribution is -0.531. The van der Waals surface area contributed by atoms with Gasteiger partial charge in [0.15, 0.2) is 13.1 Å². The zero-order valence-corrected chi connectivity index (χ0v) is 26.6. The van der Waals surface area contributed by atoms with E-state index in [0.29, 0.717) is 0 Å². The summed E-state index contributed by atoms with van der Waals surface area (Å²) in [6, 6.07) is 17.9. The molecule has 0 amide bonds. The second-order valence-corrected chi connectivity index (χ2v) is 13.2. The number of hydrogen-bond acceptors (Lipinski definition) is 3. The standard InChI is InChI=1S/C38H49N4/c1-7-41-32-18-11-9-16-30(32)37(3,4)34(41)22-20-28-14-13-15-29(36(28)40-26-24-39-25-27-40)21-23-35-38(5,6)31-17-10-12-19-33(31)42(35)8-2/h9-12,16-23,39H,7-8,13-15,24-27H2,1-6H3/q+1. The molecule has 4 heteroatoms. The fourth-order valence-electron chi connectivity index (χ4n) is 7.85. The van der Waals surface area contributed by atoms with Crippen LogP contribution in [0.4, 0.5) is 11.4 Å². The number of nitrogens with one attached hydrogen (secondary N) is 1. The third-order valence-electron chi connectivity index (χ3n) is 10.0. The van der Waals surface area contributed by atoms with Crippen LogP contribution in [-0.4, -0.2) is 49.6 Å². The molecule has 3 heterocycles. The summed E-state index contributed by atoms with van der Waals surface area (Å²) in [5.74, 6) is 0. The Morgan fingerprint density at radius 1 is 0.690 bits per heavy atom. The van der Waals surface area contributed by atoms with Crippen molar-refractivity contribution in [3.63, 3.8) is 0 Å². The zero-order valence-electron chi connectivity index (χ0n) is 26.6. The highest BCUT2D eigenvalue weighted by Gasteiger charge is 2.40. The van der Waals surface area contributed by atoms with E-state index in [0.717, 1.165) is 52.1 Å². The summed E-state index contributed by atoms with van der Waals surface area (Å²) < 4.78 is 2.66. The highest BCUT2D eigenvalue weighted by Crippen LogP contribution is 2.48. The Labute approximate surface area is 253 Å². The van der Waals surface area contributed by atoms with E-state index in [1.54, 1.807) is 0 Å². The number of allylic oxidation sites excluding steroid dienone is 8. The minimum atomic E-state index is -0.0106. The summed E-state index contributed by atoms with van der Waals surface area (Å²) in [5, 5.41) is 3.57. The van der Waals surface area contributed by atoms with Gasteiger partial charge in [0.25, 0.3) is 0 Å². The average Bonchev–Trinajstić information content (AvgIpc) is 3.37. The van der Waals surface area contributed by atoms with Gasteiger partial charge in [-0.25, -0.2) is 4.58 Å². The molecule has 1 saturated carbocycles. The number of anilines is 2. The first-order valence-electron chi connectivity index (χ1n) is 16.2. The van der Waals surface area contributed by atoms with E-state index in [-0.39, 0.29) is 10.8 Å². The first kappa shape index (κ1) is 28.7. The maximum atomic E-state index is 3.57. The van der Waals surface area contributed by atoms with E-state index >= 15 is 0 Å². The molecule has 0 spiro atoms. The van der Waals surface area contributed by atoms with Gasteiger partial charge < -0.3 is 15.1 Å². The maximum Gasteiger partial charge on any atom is 0.206 e. The van der Waals surface area contributed by atoms with E-state index in [1.165, 1.54) is 57.2 Å². The Morgan fingerprint density at radius 2 is 1.14 bits per heavy atom. The molecular weight excluding hydrogens is 512 g/mol. The zero-order chi connectivity index (χ0) is 29.5. The number of nitrogens with zero attached hydrogens (tertiary/aromatic N) is 3. The molecule has 0 aromatic heterocycles. The number of piperazine rings is 1. The fraction of sp³-hybridized carbons (Fsp3) is 0.447. The van der Waals surface area contributed by atoms with Crippen LogP contribution in [0, 0.1) is 0 Å². The van der Waals surface area contributed by atoms with Gasteiger partial charge in [0.1, 0.15) is 0 Å². The van der Waals surface area contributed by atoms with Gasteiger partial charge in [-0.15, -0.1) is 0 Å². The van der Waals surface area contributed by atoms with Crippen molar-refractivity contribution in [3.8, 4) is 0 Å². The molecule has 2 aromatic carbocycles. The van der Waals surface area contributed by atoms with E-state index in [1.807, 2.05) is 0 Å². The summed E-state index contributed by atoms with van der Waals surface area (Å²) in [5.41, 5.74) is 12.8. The molecule has 42 heavy (non-hydrogen) atoms. The van der Waals surface area contributed by atoms with Gasteiger partial charge in [0.2, 0.25) is 5.71 Å². The van der Waals surface area contributed by atoms with Crippen LogP contribution >= 0.6 is 0 Å². The number of benzene rings is 2. The largest absolute Gasteiger partial charge is 0.344 e. The van der Waals surface area contributed by atoms with Crippen molar-refractivity contribution >= 4 is 17.1 Å². The van der Waals surface area contributed by atoms with Gasteiger partial charge in [0.05, 0.1) is 13.1 Å². The molecule has 1 aliphatic carbocycles. The number of hydrogen-bond donors (Lipinski definition) is 1. The summed E-state index contributed by atoms with van der Waals surface area (Å²) >= 11 is 0. The van der Waals surface area contributed by atoms with E-state index < -0.39 is 0 Å². The maximum absolute atomic E-state index is 3.57. The first-order chi connectivity index (χ1) is 20.3. The summed E-state index contributed by atoms with van der Waals surface area (Å²) in [6.45, 7) is 20.2. The lowest BCUT2D eigenvalue weighted by Gasteiger charge is -2.27. The third-order valence-corrected chi connectivity index (χ3v) is 10.0. The normalized spacial score (nSPS) is 25.2. The second kappa shape index (κ2) is 11.4. The number of likely N-dealkylation sites (N-methyl/N-ethyl adjacent to an activating group) is 2. The predicted octanol–water partition coefficient (Wildman–Crippen LogP) is 7.48. The van der Waals surface area contributed by atoms with Gasteiger partial charge >= 0.3 is 0 Å². The van der Waals surface area contributed by atoms with Crippen molar-refractivity contribution < 1.29 is 4.58 Å². The lowest BCUT2D eigenvalue weighted by Crippen LogP contribution is -2.42. The molecule has 4 aliphatic rings. The molecule has 1 saturated heterocycles. The van der Waals surface area contributed by atoms with Gasteiger partial charge in [-0.3, -0.25) is 0 Å². The van der Waals surface area contributed by atoms with E-state index in [2.05, 4.69) is 134 Å². The van der Waals surface area contributed by atoms with Crippen LogP contribution in [0.3, 0.4) is 0 Å². The predicted molar refractivity (Wildman–Crippen MR) is 179 cm³/mol. The topological polar surface area (TPSA) is 21.5 Å². The van der Waals surface area contributed by atoms with Crippen LogP contribution in [-0.2, 0) is 10.8 Å². The quantitative estimate of drug-likeness (QED) is 0.391. The Kier molecular flexibility index (Phi) is 7.78. The Bertz CT molecular complexity index is 1400. The molecule has 3 aliphatic heterocycles. The smallest absolute Gasteiger partial charge is 0.206 e. The number of fused-ring (bicyclic) bond motifs is 2. The molecule has 0 radical (unpaired) electrons. The highest BCUT2D eigenvalue weighted by atomic mass is 15.2. The van der Waals surface area contributed by atoms with Crippen molar-refractivity contribution in [1.82, 2.24) is 5.32 Å². The molecule has 220 valence electrons. The first-order valence-corrected chi connectivity index (χ1v) is 16.2. The molecule has 4 nitrogen and oxygen atoms in total. The van der Waals surface area contributed by atoms with Crippen LogP contribution in [0.25, 0.3) is 0 Å². The molecule has 6 rings (SSSR count). The highest BCUT2D eigenvalue weighted by molar-refractivity contribution is 6.10. The second-order valence-electron chi connectivity index (χ2n) is 13.2. The van der Waals surface area contributed by atoms with Crippen molar-refractivity contribution in [2.75, 3.05) is 49.1 Å². The lowest BCUT2D eigenvalue weighted by atomic mass is 9.82. The van der Waals surface area contributed by atoms with Crippen LogP contribution in [0.1, 0.15) is 71.9 Å². The molecule has 1 N–H and O–H groups in total. The SMILES string of the molecule is CCN1C(=CC=C2CCC/C(=C\C=C3\N(CC)c4ccccc4C3(C)C)C2=[N+]2CCNCC2)C(C)(C)c2ccccc21. The average molecular weight is 562 g/mol. The Hall–Kier alpha value is -3.37. The Balaban J connectivity index is 1.42. The molecule has 0 bridgehead atoms. The molecule has 0 unspecified atom stereocenters. The van der Waals surface area contributed by atoms with Gasteiger partial charge in [-0.1, -0.05) is 76.2 Å². The molecule has 0 atom stereocenters. The van der Waals surface area contributed by atoms with E-state index in [9.17, 15) is 0 Å². The van der Waals surface area contributed by atoms with Crippen molar-refractivity contribution in [3.05, 3.63) is 107 Å².